The third kappa shape index (κ3) is 3.79. The molecule has 0 unspecified atom stereocenters. The number of carbonyl (C=O) groups is 2. The van der Waals surface area contributed by atoms with E-state index in [1.807, 2.05) is 26.1 Å². The number of piperidine rings is 1. The fraction of sp³-hybridized carbons (Fsp3) is 0.389. The van der Waals surface area contributed by atoms with E-state index in [0.29, 0.717) is 13.1 Å². The van der Waals surface area contributed by atoms with Gasteiger partial charge in [0.15, 0.2) is 5.82 Å². The lowest BCUT2D eigenvalue weighted by atomic mass is 10.0. The maximum absolute atomic E-state index is 12.6. The molecule has 0 atom stereocenters. The summed E-state index contributed by atoms with van der Waals surface area (Å²) in [6, 6.07) is 8.62. The van der Waals surface area contributed by atoms with Gasteiger partial charge < -0.3 is 14.9 Å². The molecular formula is C18H21N5O3. The Morgan fingerprint density at radius 3 is 2.42 bits per heavy atom. The zero-order valence-corrected chi connectivity index (χ0v) is 14.8. The van der Waals surface area contributed by atoms with Gasteiger partial charge in [-0.15, -0.1) is 5.10 Å². The van der Waals surface area contributed by atoms with Gasteiger partial charge >= 0.3 is 5.97 Å². The van der Waals surface area contributed by atoms with Crippen molar-refractivity contribution in [3.8, 4) is 0 Å². The van der Waals surface area contributed by atoms with Crippen LogP contribution in [0.15, 0.2) is 30.3 Å². The van der Waals surface area contributed by atoms with Crippen molar-refractivity contribution in [2.24, 2.45) is 0 Å². The maximum Gasteiger partial charge on any atom is 0.354 e. The number of anilines is 1. The Hall–Kier alpha value is -3.03. The summed E-state index contributed by atoms with van der Waals surface area (Å²) < 4.78 is 0. The van der Waals surface area contributed by atoms with Crippen LogP contribution in [0.5, 0.6) is 0 Å². The van der Waals surface area contributed by atoms with Crippen LogP contribution in [0.3, 0.4) is 0 Å². The Balaban J connectivity index is 1.62. The van der Waals surface area contributed by atoms with Crippen LogP contribution in [0.2, 0.25) is 0 Å². The summed E-state index contributed by atoms with van der Waals surface area (Å²) in [6.45, 7) is 3.08. The quantitative estimate of drug-likeness (QED) is 0.889. The number of aromatic carboxylic acids is 1. The first kappa shape index (κ1) is 17.8. The van der Waals surface area contributed by atoms with Crippen molar-refractivity contribution in [3.63, 3.8) is 0 Å². The molecule has 0 aliphatic carbocycles. The van der Waals surface area contributed by atoms with E-state index in [9.17, 15) is 9.59 Å². The van der Waals surface area contributed by atoms with Crippen LogP contribution in [-0.2, 0) is 0 Å². The van der Waals surface area contributed by atoms with Crippen LogP contribution < -0.4 is 4.90 Å². The van der Waals surface area contributed by atoms with Crippen molar-refractivity contribution in [3.05, 3.63) is 47.4 Å². The number of nitrogens with zero attached hydrogens (tertiary/aromatic N) is 5. The smallest absolute Gasteiger partial charge is 0.354 e. The molecule has 1 aliphatic rings. The Morgan fingerprint density at radius 2 is 1.81 bits per heavy atom. The second-order valence-corrected chi connectivity index (χ2v) is 6.38. The SMILES string of the molecule is Cc1ccc(N(C)C2CCN(C(=O)c3cccc(C(=O)O)n3)CC2)nn1. The summed E-state index contributed by atoms with van der Waals surface area (Å²) in [4.78, 5) is 31.4. The molecule has 1 amide bonds. The van der Waals surface area contributed by atoms with Crippen LogP contribution in [-0.4, -0.2) is 63.2 Å². The van der Waals surface area contributed by atoms with E-state index in [0.717, 1.165) is 24.4 Å². The summed E-state index contributed by atoms with van der Waals surface area (Å²) in [7, 11) is 1.99. The Bertz CT molecular complexity index is 801. The molecule has 0 radical (unpaired) electrons. The number of pyridine rings is 1. The Labute approximate surface area is 151 Å². The van der Waals surface area contributed by atoms with E-state index in [1.165, 1.54) is 6.07 Å². The monoisotopic (exact) mass is 355 g/mol. The van der Waals surface area contributed by atoms with Crippen LogP contribution in [0.25, 0.3) is 0 Å². The standard InChI is InChI=1S/C18H21N5O3/c1-12-6-7-16(21-20-12)22(2)13-8-10-23(11-9-13)17(24)14-4-3-5-15(19-14)18(25)26/h3-7,13H,8-11H2,1-2H3,(H,25,26). The lowest BCUT2D eigenvalue weighted by molar-refractivity contribution is 0.0688. The van der Waals surface area contributed by atoms with Gasteiger partial charge in [-0.25, -0.2) is 9.78 Å². The first-order valence-corrected chi connectivity index (χ1v) is 8.48. The molecule has 2 aromatic rings. The van der Waals surface area contributed by atoms with E-state index >= 15 is 0 Å². The van der Waals surface area contributed by atoms with Crippen LogP contribution in [0.1, 0.15) is 39.5 Å². The molecule has 0 bridgehead atoms. The minimum Gasteiger partial charge on any atom is -0.477 e. The fourth-order valence-electron chi connectivity index (χ4n) is 3.06. The van der Waals surface area contributed by atoms with Crippen molar-refractivity contribution >= 4 is 17.7 Å². The van der Waals surface area contributed by atoms with E-state index in [2.05, 4.69) is 20.1 Å². The molecule has 26 heavy (non-hydrogen) atoms. The first-order valence-electron chi connectivity index (χ1n) is 8.48. The lowest BCUT2D eigenvalue weighted by Crippen LogP contribution is -2.46. The zero-order chi connectivity index (χ0) is 18.7. The second kappa shape index (κ2) is 7.47. The third-order valence-corrected chi connectivity index (χ3v) is 4.63. The average Bonchev–Trinajstić information content (AvgIpc) is 2.67. The van der Waals surface area contributed by atoms with Gasteiger partial charge in [0.25, 0.3) is 5.91 Å². The summed E-state index contributed by atoms with van der Waals surface area (Å²) in [5.41, 5.74) is 0.920. The summed E-state index contributed by atoms with van der Waals surface area (Å²) in [6.07, 6.45) is 1.60. The highest BCUT2D eigenvalue weighted by Crippen LogP contribution is 2.21. The molecule has 2 aromatic heterocycles. The minimum absolute atomic E-state index is 0.122. The molecule has 0 saturated carbocycles. The average molecular weight is 355 g/mol. The number of aromatic nitrogens is 3. The predicted octanol–water partition coefficient (Wildman–Crippen LogP) is 1.62. The summed E-state index contributed by atoms with van der Waals surface area (Å²) >= 11 is 0. The minimum atomic E-state index is -1.14. The van der Waals surface area contributed by atoms with Crippen molar-refractivity contribution in [1.29, 1.82) is 0 Å². The highest BCUT2D eigenvalue weighted by molar-refractivity contribution is 5.94. The lowest BCUT2D eigenvalue weighted by Gasteiger charge is -2.37. The van der Waals surface area contributed by atoms with Crippen molar-refractivity contribution in [2.75, 3.05) is 25.0 Å². The topological polar surface area (TPSA) is 99.5 Å². The fourth-order valence-corrected chi connectivity index (χ4v) is 3.06. The molecule has 8 nitrogen and oxygen atoms in total. The van der Waals surface area contributed by atoms with E-state index in [4.69, 9.17) is 5.11 Å². The molecule has 1 saturated heterocycles. The second-order valence-electron chi connectivity index (χ2n) is 6.38. The van der Waals surface area contributed by atoms with Gasteiger partial charge in [-0.2, -0.15) is 5.10 Å². The van der Waals surface area contributed by atoms with Crippen molar-refractivity contribution in [1.82, 2.24) is 20.1 Å². The molecule has 1 fully saturated rings. The van der Waals surface area contributed by atoms with Gasteiger partial charge in [-0.1, -0.05) is 6.07 Å². The molecule has 3 rings (SSSR count). The molecule has 1 aliphatic heterocycles. The molecule has 0 spiro atoms. The number of carboxylic acids is 1. The number of aryl methyl sites for hydroxylation is 1. The van der Waals surface area contributed by atoms with E-state index in [1.54, 1.807) is 17.0 Å². The first-order chi connectivity index (χ1) is 12.5. The molecule has 8 heteroatoms. The molecule has 1 N–H and O–H groups in total. The van der Waals surface area contributed by atoms with E-state index < -0.39 is 5.97 Å². The maximum atomic E-state index is 12.6. The number of hydrogen-bond donors (Lipinski definition) is 1. The summed E-state index contributed by atoms with van der Waals surface area (Å²) in [5, 5.41) is 17.3. The van der Waals surface area contributed by atoms with Crippen molar-refractivity contribution < 1.29 is 14.7 Å². The summed E-state index contributed by atoms with van der Waals surface area (Å²) in [5.74, 6) is -0.556. The van der Waals surface area contributed by atoms with Gasteiger partial charge in [0.05, 0.1) is 5.69 Å². The van der Waals surface area contributed by atoms with Gasteiger partial charge in [0, 0.05) is 26.2 Å². The van der Waals surface area contributed by atoms with Crippen LogP contribution in [0.4, 0.5) is 5.82 Å². The van der Waals surface area contributed by atoms with Gasteiger partial charge in [0.2, 0.25) is 0 Å². The zero-order valence-electron chi connectivity index (χ0n) is 14.8. The highest BCUT2D eigenvalue weighted by atomic mass is 16.4. The number of amides is 1. The number of hydrogen-bond acceptors (Lipinski definition) is 6. The third-order valence-electron chi connectivity index (χ3n) is 4.63. The number of carboxylic acid groups (broad SMARTS) is 1. The molecule has 0 aromatic carbocycles. The normalized spacial score (nSPS) is 14.9. The van der Waals surface area contributed by atoms with E-state index in [-0.39, 0.29) is 23.3 Å². The highest BCUT2D eigenvalue weighted by Gasteiger charge is 2.27. The van der Waals surface area contributed by atoms with Crippen molar-refractivity contribution in [2.45, 2.75) is 25.8 Å². The molecular weight excluding hydrogens is 334 g/mol. The van der Waals surface area contributed by atoms with Crippen LogP contribution >= 0.6 is 0 Å². The number of carbonyl (C=O) groups excluding carboxylic acids is 1. The number of rotatable bonds is 4. The van der Waals surface area contributed by atoms with Gasteiger partial charge in [0.1, 0.15) is 11.4 Å². The Morgan fingerprint density at radius 1 is 1.12 bits per heavy atom. The molecule has 136 valence electrons. The predicted molar refractivity (Wildman–Crippen MR) is 95.3 cm³/mol. The van der Waals surface area contributed by atoms with Crippen LogP contribution in [0, 0.1) is 6.92 Å². The number of likely N-dealkylation sites (tertiary alicyclic amines) is 1. The van der Waals surface area contributed by atoms with Gasteiger partial charge in [-0.3, -0.25) is 4.79 Å². The van der Waals surface area contributed by atoms with Gasteiger partial charge in [-0.05, 0) is 44.0 Å². The Kier molecular flexibility index (Phi) is 5.11. The largest absolute Gasteiger partial charge is 0.477 e. The molecule has 3 heterocycles.